The fourth-order valence-corrected chi connectivity index (χ4v) is 2.34. The van der Waals surface area contributed by atoms with Crippen LogP contribution in [0.3, 0.4) is 0 Å². The summed E-state index contributed by atoms with van der Waals surface area (Å²) in [7, 11) is 0. The third-order valence-electron chi connectivity index (χ3n) is 3.46. The van der Waals surface area contributed by atoms with Gasteiger partial charge in [-0.25, -0.2) is 0 Å². The van der Waals surface area contributed by atoms with E-state index in [0.717, 1.165) is 6.42 Å². The fourth-order valence-electron chi connectivity index (χ4n) is 2.34. The number of hydrogen-bond acceptors (Lipinski definition) is 4. The van der Waals surface area contributed by atoms with E-state index in [2.05, 4.69) is 35.3 Å². The van der Waals surface area contributed by atoms with Crippen LogP contribution < -0.4 is 11.1 Å². The van der Waals surface area contributed by atoms with Crippen molar-refractivity contribution >= 4 is 11.9 Å². The monoisotopic (exact) mass is 344 g/mol. The van der Waals surface area contributed by atoms with E-state index in [1.165, 1.54) is 11.1 Å². The number of carboxylic acids is 2. The van der Waals surface area contributed by atoms with Gasteiger partial charge in [-0.3, -0.25) is 9.59 Å². The second kappa shape index (κ2) is 11.8. The zero-order valence-corrected chi connectivity index (χ0v) is 14.0. The minimum Gasteiger partial charge on any atom is -0.480 e. The van der Waals surface area contributed by atoms with Crippen molar-refractivity contribution in [3.05, 3.63) is 71.8 Å². The molecule has 0 radical (unpaired) electrons. The van der Waals surface area contributed by atoms with Gasteiger partial charge in [-0.05, 0) is 24.1 Å². The van der Waals surface area contributed by atoms with Crippen LogP contribution in [0, 0.1) is 0 Å². The average molecular weight is 344 g/mol. The lowest BCUT2D eigenvalue weighted by atomic mass is 9.88. The standard InChI is InChI=1S/C17H19NO2.C2H5NO2/c19-17(20)13-18-12-11-16(14-7-3-1-4-8-14)15-9-5-2-6-10-15;3-1-2(4)5/h1-10,16,18H,11-13H2,(H,19,20);1,3H2,(H,4,5). The maximum Gasteiger partial charge on any atom is 0.317 e. The van der Waals surface area contributed by atoms with E-state index in [0.29, 0.717) is 12.5 Å². The largest absolute Gasteiger partial charge is 0.480 e. The second-order valence-electron chi connectivity index (χ2n) is 5.33. The molecule has 2 rings (SSSR count). The first kappa shape index (κ1) is 20.3. The highest BCUT2D eigenvalue weighted by Crippen LogP contribution is 2.27. The molecule has 2 aromatic carbocycles. The van der Waals surface area contributed by atoms with Crippen molar-refractivity contribution in [2.45, 2.75) is 12.3 Å². The summed E-state index contributed by atoms with van der Waals surface area (Å²) in [5, 5.41) is 19.2. The normalized spacial score (nSPS) is 10.0. The van der Waals surface area contributed by atoms with Gasteiger partial charge in [-0.15, -0.1) is 0 Å². The van der Waals surface area contributed by atoms with Gasteiger partial charge in [0.05, 0.1) is 13.1 Å². The summed E-state index contributed by atoms with van der Waals surface area (Å²) in [6.45, 7) is 0.414. The molecular weight excluding hydrogens is 320 g/mol. The van der Waals surface area contributed by atoms with Crippen LogP contribution in [0.5, 0.6) is 0 Å². The Labute approximate surface area is 147 Å². The first-order valence-corrected chi connectivity index (χ1v) is 7.98. The van der Waals surface area contributed by atoms with Crippen molar-refractivity contribution in [2.75, 3.05) is 19.6 Å². The molecule has 0 aliphatic rings. The van der Waals surface area contributed by atoms with Crippen molar-refractivity contribution in [3.8, 4) is 0 Å². The Kier molecular flexibility index (Phi) is 9.58. The summed E-state index contributed by atoms with van der Waals surface area (Å²) in [6, 6.07) is 20.6. The first-order chi connectivity index (χ1) is 12.0. The summed E-state index contributed by atoms with van der Waals surface area (Å²) in [6.07, 6.45) is 0.876. The zero-order valence-electron chi connectivity index (χ0n) is 14.0. The Morgan fingerprint density at radius 3 is 1.68 bits per heavy atom. The van der Waals surface area contributed by atoms with Gasteiger partial charge in [0.15, 0.2) is 0 Å². The average Bonchev–Trinajstić information content (AvgIpc) is 2.63. The summed E-state index contributed by atoms with van der Waals surface area (Å²) in [5.74, 6) is -1.50. The number of nitrogens with one attached hydrogen (secondary N) is 1. The van der Waals surface area contributed by atoms with E-state index in [9.17, 15) is 9.59 Å². The van der Waals surface area contributed by atoms with Gasteiger partial charge >= 0.3 is 11.9 Å². The molecule has 0 aliphatic carbocycles. The molecule has 0 aliphatic heterocycles. The Morgan fingerprint density at radius 1 is 0.880 bits per heavy atom. The van der Waals surface area contributed by atoms with Crippen LogP contribution in [0.15, 0.2) is 60.7 Å². The molecule has 0 aromatic heterocycles. The van der Waals surface area contributed by atoms with E-state index in [1.54, 1.807) is 0 Å². The maximum atomic E-state index is 10.5. The molecule has 0 spiro atoms. The van der Waals surface area contributed by atoms with E-state index in [4.69, 9.17) is 10.2 Å². The van der Waals surface area contributed by atoms with E-state index < -0.39 is 11.9 Å². The van der Waals surface area contributed by atoms with Crippen molar-refractivity contribution in [2.24, 2.45) is 5.73 Å². The quantitative estimate of drug-likeness (QED) is 0.544. The van der Waals surface area contributed by atoms with Crippen LogP contribution in [0.25, 0.3) is 0 Å². The zero-order chi connectivity index (χ0) is 18.5. The van der Waals surface area contributed by atoms with E-state index in [1.807, 2.05) is 36.4 Å². The molecule has 6 nitrogen and oxygen atoms in total. The number of hydrogen-bond donors (Lipinski definition) is 4. The molecule has 5 N–H and O–H groups in total. The lowest BCUT2D eigenvalue weighted by Gasteiger charge is -2.18. The maximum absolute atomic E-state index is 10.5. The van der Waals surface area contributed by atoms with Gasteiger partial charge in [0.25, 0.3) is 0 Å². The molecule has 0 heterocycles. The molecule has 25 heavy (non-hydrogen) atoms. The second-order valence-corrected chi connectivity index (χ2v) is 5.33. The Hall–Kier alpha value is -2.70. The van der Waals surface area contributed by atoms with Gasteiger partial charge in [0.1, 0.15) is 0 Å². The van der Waals surface area contributed by atoms with Crippen molar-refractivity contribution in [3.63, 3.8) is 0 Å². The number of rotatable bonds is 8. The molecule has 0 atom stereocenters. The molecule has 0 saturated heterocycles. The van der Waals surface area contributed by atoms with Crippen molar-refractivity contribution < 1.29 is 19.8 Å². The number of benzene rings is 2. The lowest BCUT2D eigenvalue weighted by molar-refractivity contribution is -0.136. The molecular formula is C19H24N2O4. The third-order valence-corrected chi connectivity index (χ3v) is 3.46. The van der Waals surface area contributed by atoms with Crippen molar-refractivity contribution in [1.82, 2.24) is 5.32 Å². The SMILES string of the molecule is NCC(=O)O.O=C(O)CNCCC(c1ccccc1)c1ccccc1. The lowest BCUT2D eigenvalue weighted by Crippen LogP contribution is -2.24. The molecule has 6 heteroatoms. The van der Waals surface area contributed by atoms with Crippen LogP contribution in [0.4, 0.5) is 0 Å². The van der Waals surface area contributed by atoms with Gasteiger partial charge in [0.2, 0.25) is 0 Å². The van der Waals surface area contributed by atoms with Gasteiger partial charge in [-0.1, -0.05) is 60.7 Å². The van der Waals surface area contributed by atoms with E-state index in [-0.39, 0.29) is 13.1 Å². The summed E-state index contributed by atoms with van der Waals surface area (Å²) in [4.78, 5) is 19.8. The number of carboxylic acid groups (broad SMARTS) is 2. The van der Waals surface area contributed by atoms with Crippen LogP contribution >= 0.6 is 0 Å². The van der Waals surface area contributed by atoms with Crippen LogP contribution in [0.1, 0.15) is 23.5 Å². The Bertz CT molecular complexity index is 593. The van der Waals surface area contributed by atoms with Crippen molar-refractivity contribution in [1.29, 1.82) is 0 Å². The smallest absolute Gasteiger partial charge is 0.317 e. The summed E-state index contributed by atoms with van der Waals surface area (Å²) in [5.41, 5.74) is 7.09. The molecule has 0 fully saturated rings. The summed E-state index contributed by atoms with van der Waals surface area (Å²) >= 11 is 0. The van der Waals surface area contributed by atoms with Gasteiger partial charge < -0.3 is 21.3 Å². The topological polar surface area (TPSA) is 113 Å². The molecule has 0 saturated carbocycles. The number of carbonyl (C=O) groups is 2. The third kappa shape index (κ3) is 8.64. The predicted octanol–water partition coefficient (Wildman–Crippen LogP) is 1.91. The van der Waals surface area contributed by atoms with Gasteiger partial charge in [-0.2, -0.15) is 0 Å². The summed E-state index contributed by atoms with van der Waals surface area (Å²) < 4.78 is 0. The van der Waals surface area contributed by atoms with Crippen LogP contribution in [0.2, 0.25) is 0 Å². The molecule has 134 valence electrons. The molecule has 0 unspecified atom stereocenters. The van der Waals surface area contributed by atoms with Crippen LogP contribution in [-0.2, 0) is 9.59 Å². The van der Waals surface area contributed by atoms with E-state index >= 15 is 0 Å². The highest BCUT2D eigenvalue weighted by molar-refractivity contribution is 5.69. The number of aliphatic carboxylic acids is 2. The molecule has 0 bridgehead atoms. The Morgan fingerprint density at radius 2 is 1.32 bits per heavy atom. The minimum atomic E-state index is -0.968. The minimum absolute atomic E-state index is 0.0102. The first-order valence-electron chi connectivity index (χ1n) is 7.98. The predicted molar refractivity (Wildman–Crippen MR) is 96.5 cm³/mol. The molecule has 2 aromatic rings. The fraction of sp³-hybridized carbons (Fsp3) is 0.263. The Balaban J connectivity index is 0.000000550. The van der Waals surface area contributed by atoms with Gasteiger partial charge in [0, 0.05) is 5.92 Å². The number of nitrogens with two attached hydrogens (primary N) is 1. The van der Waals surface area contributed by atoms with Crippen LogP contribution in [-0.4, -0.2) is 41.8 Å². The molecule has 0 amide bonds. The highest BCUT2D eigenvalue weighted by Gasteiger charge is 2.13. The highest BCUT2D eigenvalue weighted by atomic mass is 16.4.